The van der Waals surface area contributed by atoms with Gasteiger partial charge in [0.25, 0.3) is 0 Å². The van der Waals surface area contributed by atoms with E-state index in [0.717, 1.165) is 17.0 Å². The Balaban J connectivity index is 1.81. The quantitative estimate of drug-likeness (QED) is 0.782. The fourth-order valence-electron chi connectivity index (χ4n) is 2.06. The molecule has 3 rings (SSSR count). The monoisotopic (exact) mass is 302 g/mol. The van der Waals surface area contributed by atoms with Crippen LogP contribution in [-0.4, -0.2) is 9.97 Å². The highest BCUT2D eigenvalue weighted by atomic mass is 16.5. The first-order valence-electron chi connectivity index (χ1n) is 7.07. The molecule has 0 unspecified atom stereocenters. The molecule has 3 aromatic rings. The van der Waals surface area contributed by atoms with Crippen LogP contribution in [0.15, 0.2) is 61.1 Å². The molecular weight excluding hydrogens is 288 g/mol. The van der Waals surface area contributed by atoms with Gasteiger partial charge in [-0.1, -0.05) is 18.2 Å². The molecule has 0 fully saturated rings. The molecule has 0 aliphatic rings. The summed E-state index contributed by atoms with van der Waals surface area (Å²) in [7, 11) is 0. The molecule has 0 bridgehead atoms. The molecule has 1 aromatic carbocycles. The average molecular weight is 302 g/mol. The second-order valence-electron chi connectivity index (χ2n) is 4.91. The first kappa shape index (κ1) is 14.5. The SMILES string of the molecule is Cc1cc(Oc2ccccc2)ncc1Nc1ccncc1C#N. The Bertz CT molecular complexity index is 856. The molecule has 0 spiro atoms. The van der Waals surface area contributed by atoms with E-state index in [1.54, 1.807) is 18.5 Å². The lowest BCUT2D eigenvalue weighted by Crippen LogP contribution is -1.98. The van der Waals surface area contributed by atoms with Gasteiger partial charge in [0.05, 0.1) is 23.1 Å². The molecule has 5 heteroatoms. The fourth-order valence-corrected chi connectivity index (χ4v) is 2.06. The number of aryl methyl sites for hydroxylation is 1. The molecule has 0 amide bonds. The highest BCUT2D eigenvalue weighted by Gasteiger charge is 2.07. The minimum atomic E-state index is 0.483. The van der Waals surface area contributed by atoms with E-state index in [0.29, 0.717) is 17.1 Å². The summed E-state index contributed by atoms with van der Waals surface area (Å²) in [5, 5.41) is 12.3. The summed E-state index contributed by atoms with van der Waals surface area (Å²) in [6.07, 6.45) is 4.85. The molecular formula is C18H14N4O. The van der Waals surface area contributed by atoms with E-state index in [1.807, 2.05) is 43.3 Å². The van der Waals surface area contributed by atoms with Gasteiger partial charge in [0.2, 0.25) is 5.88 Å². The summed E-state index contributed by atoms with van der Waals surface area (Å²) in [5.41, 5.74) is 2.96. The van der Waals surface area contributed by atoms with E-state index < -0.39 is 0 Å². The third-order valence-electron chi connectivity index (χ3n) is 3.26. The lowest BCUT2D eigenvalue weighted by atomic mass is 10.2. The molecule has 1 N–H and O–H groups in total. The van der Waals surface area contributed by atoms with E-state index >= 15 is 0 Å². The van der Waals surface area contributed by atoms with Gasteiger partial charge < -0.3 is 10.1 Å². The molecule has 0 radical (unpaired) electrons. The number of nitrogens with zero attached hydrogens (tertiary/aromatic N) is 3. The lowest BCUT2D eigenvalue weighted by Gasteiger charge is -2.11. The number of rotatable bonds is 4. The number of anilines is 2. The van der Waals surface area contributed by atoms with Crippen LogP contribution >= 0.6 is 0 Å². The van der Waals surface area contributed by atoms with E-state index in [2.05, 4.69) is 21.4 Å². The molecule has 0 atom stereocenters. The number of para-hydroxylation sites is 1. The number of nitrogens with one attached hydrogen (secondary N) is 1. The van der Waals surface area contributed by atoms with Crippen LogP contribution in [0.3, 0.4) is 0 Å². The highest BCUT2D eigenvalue weighted by Crippen LogP contribution is 2.26. The molecule has 0 aliphatic carbocycles. The van der Waals surface area contributed by atoms with Crippen LogP contribution in [0.1, 0.15) is 11.1 Å². The van der Waals surface area contributed by atoms with Crippen LogP contribution < -0.4 is 10.1 Å². The van der Waals surface area contributed by atoms with Crippen molar-refractivity contribution in [3.63, 3.8) is 0 Å². The molecule has 0 saturated heterocycles. The number of nitriles is 1. The summed E-state index contributed by atoms with van der Waals surface area (Å²) in [6.45, 7) is 1.95. The van der Waals surface area contributed by atoms with Crippen LogP contribution in [0.25, 0.3) is 0 Å². The average Bonchev–Trinajstić information content (AvgIpc) is 2.59. The van der Waals surface area contributed by atoms with Gasteiger partial charge in [-0.3, -0.25) is 4.98 Å². The Hall–Kier alpha value is -3.39. The maximum Gasteiger partial charge on any atom is 0.219 e. The van der Waals surface area contributed by atoms with Crippen LogP contribution in [0.5, 0.6) is 11.6 Å². The molecule has 2 aromatic heterocycles. The summed E-state index contributed by atoms with van der Waals surface area (Å²) < 4.78 is 5.71. The lowest BCUT2D eigenvalue weighted by molar-refractivity contribution is 0.462. The fraction of sp³-hybridized carbons (Fsp3) is 0.0556. The predicted octanol–water partition coefficient (Wildman–Crippen LogP) is 4.19. The second kappa shape index (κ2) is 6.58. The number of hydrogen-bond donors (Lipinski definition) is 1. The smallest absolute Gasteiger partial charge is 0.219 e. The zero-order chi connectivity index (χ0) is 16.1. The van der Waals surface area contributed by atoms with Gasteiger partial charge in [0, 0.05) is 18.5 Å². The molecule has 112 valence electrons. The van der Waals surface area contributed by atoms with E-state index in [9.17, 15) is 0 Å². The summed E-state index contributed by atoms with van der Waals surface area (Å²) in [6, 6.07) is 15.2. The van der Waals surface area contributed by atoms with Crippen molar-refractivity contribution in [2.45, 2.75) is 6.92 Å². The van der Waals surface area contributed by atoms with E-state index in [1.165, 1.54) is 6.20 Å². The van der Waals surface area contributed by atoms with Crippen molar-refractivity contribution in [1.82, 2.24) is 9.97 Å². The van der Waals surface area contributed by atoms with E-state index in [4.69, 9.17) is 10.00 Å². The van der Waals surface area contributed by atoms with Gasteiger partial charge in [-0.25, -0.2) is 4.98 Å². The summed E-state index contributed by atoms with van der Waals surface area (Å²) in [4.78, 5) is 8.25. The maximum absolute atomic E-state index is 9.11. The Morgan fingerprint density at radius 1 is 1.09 bits per heavy atom. The molecule has 5 nitrogen and oxygen atoms in total. The molecule has 0 aliphatic heterocycles. The predicted molar refractivity (Wildman–Crippen MR) is 87.7 cm³/mol. The number of aromatic nitrogens is 2. The van der Waals surface area contributed by atoms with Crippen molar-refractivity contribution in [3.8, 4) is 17.7 Å². The van der Waals surface area contributed by atoms with Crippen molar-refractivity contribution >= 4 is 11.4 Å². The largest absolute Gasteiger partial charge is 0.439 e. The van der Waals surface area contributed by atoms with Crippen LogP contribution in [-0.2, 0) is 0 Å². The zero-order valence-corrected chi connectivity index (χ0v) is 12.5. The normalized spacial score (nSPS) is 9.91. The third-order valence-corrected chi connectivity index (χ3v) is 3.26. The van der Waals surface area contributed by atoms with Crippen molar-refractivity contribution < 1.29 is 4.74 Å². The Labute approximate surface area is 134 Å². The van der Waals surface area contributed by atoms with E-state index in [-0.39, 0.29) is 0 Å². The minimum absolute atomic E-state index is 0.483. The second-order valence-corrected chi connectivity index (χ2v) is 4.91. The van der Waals surface area contributed by atoms with Gasteiger partial charge in [-0.2, -0.15) is 5.26 Å². The van der Waals surface area contributed by atoms with Gasteiger partial charge in [0.15, 0.2) is 0 Å². The first-order chi connectivity index (χ1) is 11.3. The Morgan fingerprint density at radius 3 is 2.65 bits per heavy atom. The van der Waals surface area contributed by atoms with Gasteiger partial charge in [-0.05, 0) is 30.7 Å². The van der Waals surface area contributed by atoms with Crippen LogP contribution in [0.4, 0.5) is 11.4 Å². The zero-order valence-electron chi connectivity index (χ0n) is 12.5. The van der Waals surface area contributed by atoms with Gasteiger partial charge in [-0.15, -0.1) is 0 Å². The standard InChI is InChI=1S/C18H14N4O/c1-13-9-18(23-15-5-3-2-4-6-15)21-12-17(13)22-16-7-8-20-11-14(16)10-19/h2-9,11-12H,1H3,(H,20,22). The van der Waals surface area contributed by atoms with Crippen molar-refractivity contribution in [2.24, 2.45) is 0 Å². The summed E-state index contributed by atoms with van der Waals surface area (Å²) in [5.74, 6) is 1.26. The van der Waals surface area contributed by atoms with Crippen LogP contribution in [0.2, 0.25) is 0 Å². The Morgan fingerprint density at radius 2 is 1.91 bits per heavy atom. The van der Waals surface area contributed by atoms with Gasteiger partial charge >= 0.3 is 0 Å². The first-order valence-corrected chi connectivity index (χ1v) is 7.07. The van der Waals surface area contributed by atoms with Crippen molar-refractivity contribution in [3.05, 3.63) is 72.2 Å². The number of pyridine rings is 2. The number of benzene rings is 1. The summed E-state index contributed by atoms with van der Waals surface area (Å²) >= 11 is 0. The molecule has 2 heterocycles. The van der Waals surface area contributed by atoms with Crippen molar-refractivity contribution in [2.75, 3.05) is 5.32 Å². The molecule has 0 saturated carbocycles. The number of hydrogen-bond acceptors (Lipinski definition) is 5. The Kier molecular flexibility index (Phi) is 4.16. The maximum atomic E-state index is 9.11. The number of ether oxygens (including phenoxy) is 1. The van der Waals surface area contributed by atoms with Crippen LogP contribution in [0, 0.1) is 18.3 Å². The van der Waals surface area contributed by atoms with Gasteiger partial charge in [0.1, 0.15) is 11.8 Å². The topological polar surface area (TPSA) is 70.8 Å². The minimum Gasteiger partial charge on any atom is -0.439 e. The third kappa shape index (κ3) is 3.44. The molecule has 23 heavy (non-hydrogen) atoms. The highest BCUT2D eigenvalue weighted by molar-refractivity contribution is 5.67. The van der Waals surface area contributed by atoms with Crippen molar-refractivity contribution in [1.29, 1.82) is 5.26 Å².